The van der Waals surface area contributed by atoms with Gasteiger partial charge in [-0.15, -0.1) is 0 Å². The smallest absolute Gasteiger partial charge is 0.309 e. The molecule has 0 heterocycles. The molecule has 0 saturated carbocycles. The summed E-state index contributed by atoms with van der Waals surface area (Å²) < 4.78 is 77.5. The number of nitrogens with one attached hydrogen (secondary N) is 1. The van der Waals surface area contributed by atoms with Crippen LogP contribution < -0.4 is 5.32 Å². The molecule has 0 aliphatic rings. The molecular formula is C14H17F6N. The quantitative estimate of drug-likeness (QED) is 0.772. The third kappa shape index (κ3) is 4.91. The van der Waals surface area contributed by atoms with Gasteiger partial charge in [-0.25, -0.2) is 0 Å². The molecule has 0 bridgehead atoms. The summed E-state index contributed by atoms with van der Waals surface area (Å²) in [5.41, 5.74) is 0.599. The third-order valence-corrected chi connectivity index (χ3v) is 3.05. The van der Waals surface area contributed by atoms with Crippen LogP contribution >= 0.6 is 0 Å². The van der Waals surface area contributed by atoms with E-state index in [4.69, 9.17) is 0 Å². The molecule has 0 saturated heterocycles. The van der Waals surface area contributed by atoms with E-state index >= 15 is 0 Å². The SMILES string of the molecule is CCCNC(c1cccc(C)c1)C(C(F)(F)F)C(F)(F)F. The highest BCUT2D eigenvalue weighted by Gasteiger charge is 2.60. The number of alkyl halides is 6. The summed E-state index contributed by atoms with van der Waals surface area (Å²) in [6.07, 6.45) is -10.3. The van der Waals surface area contributed by atoms with Crippen molar-refractivity contribution in [1.29, 1.82) is 0 Å². The molecule has 1 unspecified atom stereocenters. The number of benzene rings is 1. The number of aryl methyl sites for hydroxylation is 1. The molecule has 0 spiro atoms. The van der Waals surface area contributed by atoms with Crippen LogP contribution in [0.15, 0.2) is 24.3 Å². The highest BCUT2D eigenvalue weighted by molar-refractivity contribution is 5.26. The van der Waals surface area contributed by atoms with Crippen molar-refractivity contribution in [2.24, 2.45) is 5.92 Å². The molecule has 120 valence electrons. The van der Waals surface area contributed by atoms with Crippen molar-refractivity contribution in [3.63, 3.8) is 0 Å². The lowest BCUT2D eigenvalue weighted by Crippen LogP contribution is -2.46. The number of halogens is 6. The maximum absolute atomic E-state index is 12.9. The van der Waals surface area contributed by atoms with E-state index in [1.54, 1.807) is 19.9 Å². The number of rotatable bonds is 5. The highest BCUT2D eigenvalue weighted by atomic mass is 19.4. The van der Waals surface area contributed by atoms with Gasteiger partial charge < -0.3 is 5.32 Å². The molecule has 0 radical (unpaired) electrons. The molecule has 0 aliphatic heterocycles. The molecule has 0 amide bonds. The Bertz CT molecular complexity index is 438. The highest BCUT2D eigenvalue weighted by Crippen LogP contribution is 2.46. The molecule has 0 fully saturated rings. The van der Waals surface area contributed by atoms with Crippen LogP contribution in [-0.2, 0) is 0 Å². The van der Waals surface area contributed by atoms with Crippen LogP contribution in [-0.4, -0.2) is 18.9 Å². The Morgan fingerprint density at radius 2 is 1.62 bits per heavy atom. The van der Waals surface area contributed by atoms with E-state index in [9.17, 15) is 26.3 Å². The molecule has 1 atom stereocenters. The standard InChI is InChI=1S/C14H17F6N/c1-3-7-21-11(10-6-4-5-9(2)8-10)12(13(15,16)17)14(18,19)20/h4-6,8,11-12,21H,3,7H2,1-2H3. The molecule has 21 heavy (non-hydrogen) atoms. The molecule has 1 aromatic carbocycles. The molecule has 1 rings (SSSR count). The Hall–Kier alpha value is -1.24. The molecule has 7 heteroatoms. The zero-order valence-electron chi connectivity index (χ0n) is 11.6. The Labute approximate surface area is 119 Å². The predicted octanol–water partition coefficient (Wildman–Crippen LogP) is 4.78. The summed E-state index contributed by atoms with van der Waals surface area (Å²) in [6, 6.07) is 3.86. The van der Waals surface area contributed by atoms with E-state index in [0.29, 0.717) is 12.0 Å². The minimum absolute atomic E-state index is 0.0110. The van der Waals surface area contributed by atoms with Gasteiger partial charge in [-0.1, -0.05) is 36.8 Å². The van der Waals surface area contributed by atoms with Gasteiger partial charge in [0.15, 0.2) is 5.92 Å². The first-order valence-electron chi connectivity index (χ1n) is 6.50. The van der Waals surface area contributed by atoms with Crippen LogP contribution in [0.5, 0.6) is 0 Å². The van der Waals surface area contributed by atoms with Crippen molar-refractivity contribution >= 4 is 0 Å². The molecule has 1 nitrogen and oxygen atoms in total. The van der Waals surface area contributed by atoms with Crippen molar-refractivity contribution in [2.75, 3.05) is 6.54 Å². The van der Waals surface area contributed by atoms with Crippen LogP contribution in [0.25, 0.3) is 0 Å². The average molecular weight is 313 g/mol. The Balaban J connectivity index is 3.27. The van der Waals surface area contributed by atoms with Crippen LogP contribution in [0, 0.1) is 12.8 Å². The number of hydrogen-bond donors (Lipinski definition) is 1. The first kappa shape index (κ1) is 17.8. The van der Waals surface area contributed by atoms with Crippen LogP contribution in [0.2, 0.25) is 0 Å². The summed E-state index contributed by atoms with van der Waals surface area (Å²) in [6.45, 7) is 3.37. The zero-order valence-corrected chi connectivity index (χ0v) is 11.6. The lowest BCUT2D eigenvalue weighted by atomic mass is 9.90. The Kier molecular flexibility index (Phi) is 5.67. The molecule has 1 aromatic rings. The second kappa shape index (κ2) is 6.68. The zero-order chi connectivity index (χ0) is 16.3. The van der Waals surface area contributed by atoms with Crippen molar-refractivity contribution in [1.82, 2.24) is 5.32 Å². The van der Waals surface area contributed by atoms with E-state index in [1.807, 2.05) is 0 Å². The third-order valence-electron chi connectivity index (χ3n) is 3.05. The maximum Gasteiger partial charge on any atom is 0.402 e. The van der Waals surface area contributed by atoms with E-state index in [2.05, 4.69) is 5.32 Å². The van der Waals surface area contributed by atoms with Gasteiger partial charge in [-0.2, -0.15) is 26.3 Å². The van der Waals surface area contributed by atoms with Crippen LogP contribution in [0.4, 0.5) is 26.3 Å². The average Bonchev–Trinajstić information content (AvgIpc) is 2.30. The van der Waals surface area contributed by atoms with E-state index < -0.39 is 24.3 Å². The summed E-state index contributed by atoms with van der Waals surface area (Å²) in [7, 11) is 0. The first-order valence-corrected chi connectivity index (χ1v) is 6.50. The van der Waals surface area contributed by atoms with E-state index in [-0.39, 0.29) is 12.1 Å². The fraction of sp³-hybridized carbons (Fsp3) is 0.571. The minimum atomic E-state index is -5.37. The minimum Gasteiger partial charge on any atom is -0.309 e. The second-order valence-corrected chi connectivity index (χ2v) is 4.91. The van der Waals surface area contributed by atoms with Gasteiger partial charge in [0.05, 0.1) is 6.04 Å². The van der Waals surface area contributed by atoms with Gasteiger partial charge in [0, 0.05) is 0 Å². The summed E-state index contributed by atoms with van der Waals surface area (Å²) in [5.74, 6) is -3.43. The van der Waals surface area contributed by atoms with Crippen molar-refractivity contribution in [2.45, 2.75) is 38.7 Å². The second-order valence-electron chi connectivity index (χ2n) is 4.91. The largest absolute Gasteiger partial charge is 0.402 e. The molecular weight excluding hydrogens is 296 g/mol. The van der Waals surface area contributed by atoms with Crippen molar-refractivity contribution in [3.8, 4) is 0 Å². The fourth-order valence-corrected chi connectivity index (χ4v) is 2.16. The Morgan fingerprint density at radius 1 is 1.05 bits per heavy atom. The molecule has 0 aliphatic carbocycles. The van der Waals surface area contributed by atoms with Gasteiger partial charge in [0.1, 0.15) is 0 Å². The fourth-order valence-electron chi connectivity index (χ4n) is 2.16. The topological polar surface area (TPSA) is 12.0 Å². The van der Waals surface area contributed by atoms with Gasteiger partial charge in [0.25, 0.3) is 0 Å². The lowest BCUT2D eigenvalue weighted by molar-refractivity contribution is -0.292. The summed E-state index contributed by atoms with van der Waals surface area (Å²) in [4.78, 5) is 0. The van der Waals surface area contributed by atoms with Crippen molar-refractivity contribution < 1.29 is 26.3 Å². The molecule has 0 aromatic heterocycles. The summed E-state index contributed by atoms with van der Waals surface area (Å²) in [5, 5.41) is 2.39. The van der Waals surface area contributed by atoms with Gasteiger partial charge in [-0.05, 0) is 25.5 Å². The summed E-state index contributed by atoms with van der Waals surface area (Å²) >= 11 is 0. The van der Waals surface area contributed by atoms with Gasteiger partial charge >= 0.3 is 12.4 Å². The molecule has 1 N–H and O–H groups in total. The van der Waals surface area contributed by atoms with Crippen LogP contribution in [0.3, 0.4) is 0 Å². The maximum atomic E-state index is 12.9. The number of hydrogen-bond acceptors (Lipinski definition) is 1. The van der Waals surface area contributed by atoms with Gasteiger partial charge in [-0.3, -0.25) is 0 Å². The monoisotopic (exact) mass is 313 g/mol. The van der Waals surface area contributed by atoms with Crippen LogP contribution in [0.1, 0.15) is 30.5 Å². The van der Waals surface area contributed by atoms with Crippen molar-refractivity contribution in [3.05, 3.63) is 35.4 Å². The normalized spacial score (nSPS) is 14.5. The lowest BCUT2D eigenvalue weighted by Gasteiger charge is -2.32. The predicted molar refractivity (Wildman–Crippen MR) is 67.8 cm³/mol. The van der Waals surface area contributed by atoms with E-state index in [0.717, 1.165) is 0 Å². The first-order chi connectivity index (χ1) is 9.57. The van der Waals surface area contributed by atoms with E-state index in [1.165, 1.54) is 18.2 Å². The Morgan fingerprint density at radius 3 is 2.05 bits per heavy atom. The van der Waals surface area contributed by atoms with Gasteiger partial charge in [0.2, 0.25) is 0 Å².